The Hall–Kier alpha value is -1.90. The molecule has 2 aromatic rings. The van der Waals surface area contributed by atoms with E-state index in [0.29, 0.717) is 0 Å². The van der Waals surface area contributed by atoms with Gasteiger partial charge in [-0.3, -0.25) is 4.79 Å². The van der Waals surface area contributed by atoms with Crippen molar-refractivity contribution < 1.29 is 17.6 Å². The second-order valence-electron chi connectivity index (χ2n) is 2.99. The second-order valence-corrected chi connectivity index (χ2v) is 3.99. The topological polar surface area (TPSA) is 58.6 Å². The number of rotatable bonds is 2. The summed E-state index contributed by atoms with van der Waals surface area (Å²) < 4.78 is 52.1. The summed E-state index contributed by atoms with van der Waals surface area (Å²) in [7, 11) is 0. The van der Waals surface area contributed by atoms with Crippen LogP contribution in [0.3, 0.4) is 0 Å². The van der Waals surface area contributed by atoms with Crippen molar-refractivity contribution in [2.45, 2.75) is 10.1 Å². The van der Waals surface area contributed by atoms with Crippen LogP contribution in [-0.2, 0) is 0 Å². The van der Waals surface area contributed by atoms with E-state index in [1.807, 2.05) is 0 Å². The van der Waals surface area contributed by atoms with E-state index in [0.717, 1.165) is 12.3 Å². The molecule has 0 aliphatic rings. The van der Waals surface area contributed by atoms with Crippen LogP contribution in [0.1, 0.15) is 0 Å². The monoisotopic (exact) mass is 277 g/mol. The quantitative estimate of drug-likeness (QED) is 0.517. The summed E-state index contributed by atoms with van der Waals surface area (Å²) in [5.41, 5.74) is -0.566. The summed E-state index contributed by atoms with van der Waals surface area (Å²) in [6, 6.07) is 1.07. The van der Waals surface area contributed by atoms with Gasteiger partial charge in [-0.15, -0.1) is 0 Å². The summed E-state index contributed by atoms with van der Waals surface area (Å²) in [5.74, 6) is -6.83. The van der Waals surface area contributed by atoms with Gasteiger partial charge in [-0.1, -0.05) is 0 Å². The van der Waals surface area contributed by atoms with E-state index in [1.54, 1.807) is 0 Å². The number of nitrogens with one attached hydrogen (secondary N) is 1. The van der Waals surface area contributed by atoms with E-state index in [4.69, 9.17) is 0 Å². The minimum atomic E-state index is -1.77. The normalized spacial score (nSPS) is 10.7. The van der Waals surface area contributed by atoms with Gasteiger partial charge in [0.2, 0.25) is 0 Å². The molecule has 2 aromatic heterocycles. The summed E-state index contributed by atoms with van der Waals surface area (Å²) in [4.78, 5) is 18.1. The van der Waals surface area contributed by atoms with E-state index < -0.39 is 34.0 Å². The van der Waals surface area contributed by atoms with Gasteiger partial charge in [-0.25, -0.2) is 13.8 Å². The molecule has 2 heterocycles. The molecule has 0 amide bonds. The van der Waals surface area contributed by atoms with Crippen molar-refractivity contribution in [2.24, 2.45) is 0 Å². The highest BCUT2D eigenvalue weighted by Gasteiger charge is 2.22. The number of aromatic amines is 1. The lowest BCUT2D eigenvalue weighted by Gasteiger charge is -2.04. The molecule has 0 radical (unpaired) electrons. The molecule has 94 valence electrons. The first-order valence-corrected chi connectivity index (χ1v) is 5.24. The summed E-state index contributed by atoms with van der Waals surface area (Å²) >= 11 is 0.247. The molecule has 4 nitrogen and oxygen atoms in total. The third-order valence-electron chi connectivity index (χ3n) is 1.80. The zero-order valence-corrected chi connectivity index (χ0v) is 9.19. The van der Waals surface area contributed by atoms with Crippen molar-refractivity contribution >= 4 is 11.8 Å². The zero-order chi connectivity index (χ0) is 13.3. The molecule has 9 heteroatoms. The third-order valence-corrected chi connectivity index (χ3v) is 2.77. The minimum Gasteiger partial charge on any atom is -0.301 e. The number of H-pyrrole nitrogens is 1. The highest BCUT2D eigenvalue weighted by atomic mass is 32.2. The highest BCUT2D eigenvalue weighted by Crippen LogP contribution is 2.30. The Bertz CT molecular complexity index is 634. The maximum Gasteiger partial charge on any atom is 0.252 e. The average molecular weight is 277 g/mol. The van der Waals surface area contributed by atoms with Crippen LogP contribution in [0.4, 0.5) is 17.6 Å². The average Bonchev–Trinajstić information content (AvgIpc) is 2.32. The van der Waals surface area contributed by atoms with Gasteiger partial charge in [0.25, 0.3) is 17.5 Å². The van der Waals surface area contributed by atoms with Crippen LogP contribution in [0.25, 0.3) is 0 Å². The lowest BCUT2D eigenvalue weighted by Crippen LogP contribution is -2.07. The predicted octanol–water partition coefficient (Wildman–Crippen LogP) is 1.87. The van der Waals surface area contributed by atoms with Gasteiger partial charge in [-0.05, 0) is 11.8 Å². The number of aromatic nitrogens is 3. The van der Waals surface area contributed by atoms with Crippen LogP contribution < -0.4 is 5.56 Å². The van der Waals surface area contributed by atoms with Gasteiger partial charge in [0.05, 0.1) is 4.90 Å². The first-order chi connectivity index (χ1) is 8.49. The molecule has 0 aromatic carbocycles. The number of pyridine rings is 1. The van der Waals surface area contributed by atoms with Crippen LogP contribution in [-0.4, -0.2) is 15.0 Å². The molecule has 0 spiro atoms. The van der Waals surface area contributed by atoms with Gasteiger partial charge in [0.15, 0.2) is 16.8 Å². The Morgan fingerprint density at radius 1 is 1.11 bits per heavy atom. The SMILES string of the molecule is O=c1ccnc(Sc2c(F)c(F)nc(F)c2F)[nH]1. The molecule has 0 saturated heterocycles. The molecule has 2 rings (SSSR count). The van der Waals surface area contributed by atoms with Gasteiger partial charge < -0.3 is 4.98 Å². The molecule has 0 fully saturated rings. The molecule has 0 bridgehead atoms. The van der Waals surface area contributed by atoms with Crippen LogP contribution in [0.5, 0.6) is 0 Å². The minimum absolute atomic E-state index is 0.203. The summed E-state index contributed by atoms with van der Waals surface area (Å²) in [6.07, 6.45) is 1.09. The first kappa shape index (κ1) is 12.6. The molecule has 0 unspecified atom stereocenters. The van der Waals surface area contributed by atoms with Crippen molar-refractivity contribution in [1.29, 1.82) is 0 Å². The molecule has 0 aliphatic carbocycles. The lowest BCUT2D eigenvalue weighted by atomic mass is 10.4. The predicted molar refractivity (Wildman–Crippen MR) is 53.0 cm³/mol. The van der Waals surface area contributed by atoms with Crippen molar-refractivity contribution in [1.82, 2.24) is 15.0 Å². The molecular formula is C9H3F4N3OS. The van der Waals surface area contributed by atoms with Gasteiger partial charge in [0.1, 0.15) is 0 Å². The lowest BCUT2D eigenvalue weighted by molar-refractivity contribution is 0.383. The number of halogens is 4. The second kappa shape index (κ2) is 4.77. The zero-order valence-electron chi connectivity index (χ0n) is 8.38. The van der Waals surface area contributed by atoms with Crippen molar-refractivity contribution in [2.75, 3.05) is 0 Å². The van der Waals surface area contributed by atoms with Crippen LogP contribution in [0.15, 0.2) is 27.1 Å². The van der Waals surface area contributed by atoms with E-state index in [9.17, 15) is 22.4 Å². The molecular weight excluding hydrogens is 274 g/mol. The fourth-order valence-corrected chi connectivity index (χ4v) is 1.86. The fraction of sp³-hybridized carbons (Fsp3) is 0. The molecule has 0 atom stereocenters. The Morgan fingerprint density at radius 3 is 2.28 bits per heavy atom. The van der Waals surface area contributed by atoms with Gasteiger partial charge in [-0.2, -0.15) is 13.8 Å². The third kappa shape index (κ3) is 2.35. The van der Waals surface area contributed by atoms with Crippen LogP contribution in [0, 0.1) is 23.5 Å². The number of nitrogens with zero attached hydrogens (tertiary/aromatic N) is 2. The van der Waals surface area contributed by atoms with E-state index in [-0.39, 0.29) is 16.9 Å². The number of hydrogen-bond acceptors (Lipinski definition) is 4. The Kier molecular flexibility index (Phi) is 3.32. The molecule has 18 heavy (non-hydrogen) atoms. The van der Waals surface area contributed by atoms with E-state index in [2.05, 4.69) is 15.0 Å². The van der Waals surface area contributed by atoms with Crippen molar-refractivity contribution in [3.63, 3.8) is 0 Å². The smallest absolute Gasteiger partial charge is 0.252 e. The van der Waals surface area contributed by atoms with Crippen molar-refractivity contribution in [3.8, 4) is 0 Å². The highest BCUT2D eigenvalue weighted by molar-refractivity contribution is 7.99. The number of hydrogen-bond donors (Lipinski definition) is 1. The van der Waals surface area contributed by atoms with Gasteiger partial charge >= 0.3 is 0 Å². The Balaban J connectivity index is 2.49. The fourth-order valence-electron chi connectivity index (χ4n) is 1.06. The molecule has 1 N–H and O–H groups in total. The van der Waals surface area contributed by atoms with Crippen LogP contribution in [0.2, 0.25) is 0 Å². The molecule has 0 saturated carbocycles. The Labute approximate surface area is 101 Å². The van der Waals surface area contributed by atoms with E-state index >= 15 is 0 Å². The summed E-state index contributed by atoms with van der Waals surface area (Å²) in [6.45, 7) is 0. The summed E-state index contributed by atoms with van der Waals surface area (Å²) in [5, 5.41) is -0.203. The largest absolute Gasteiger partial charge is 0.301 e. The standard InChI is InChI=1S/C9H3F4N3OS/c10-4-6(5(11)8(13)16-7(4)12)18-9-14-2-1-3(17)15-9/h1-2H,(H,14,15,17). The molecule has 0 aliphatic heterocycles. The Morgan fingerprint density at radius 2 is 1.72 bits per heavy atom. The van der Waals surface area contributed by atoms with E-state index in [1.165, 1.54) is 0 Å². The van der Waals surface area contributed by atoms with Crippen molar-refractivity contribution in [3.05, 3.63) is 46.1 Å². The van der Waals surface area contributed by atoms with Gasteiger partial charge in [0, 0.05) is 12.3 Å². The maximum atomic E-state index is 13.2. The maximum absolute atomic E-state index is 13.2. The first-order valence-electron chi connectivity index (χ1n) is 4.42. The van der Waals surface area contributed by atoms with Crippen LogP contribution >= 0.6 is 11.8 Å².